The minimum atomic E-state index is -0.530. The van der Waals surface area contributed by atoms with Gasteiger partial charge in [-0.1, -0.05) is 32.5 Å². The summed E-state index contributed by atoms with van der Waals surface area (Å²) in [5.74, 6) is 1.50. The quantitative estimate of drug-likeness (QED) is 0.590. The van der Waals surface area contributed by atoms with E-state index in [0.29, 0.717) is 28.5 Å². The van der Waals surface area contributed by atoms with E-state index in [4.69, 9.17) is 0 Å². The van der Waals surface area contributed by atoms with Crippen molar-refractivity contribution in [3.8, 4) is 0 Å². The molecule has 1 saturated heterocycles. The molecule has 7 nitrogen and oxygen atoms in total. The fourth-order valence-electron chi connectivity index (χ4n) is 3.27. The SMILES string of the molecule is CCSc1ncc2c(=O)n(C(CC)C(=O)N3CCC(C)CC3)cnc2n1. The number of amides is 1. The third-order valence-electron chi connectivity index (χ3n) is 4.89. The molecule has 0 N–H and O–H groups in total. The molecule has 2 aromatic rings. The van der Waals surface area contributed by atoms with Gasteiger partial charge in [0.25, 0.3) is 5.56 Å². The number of piperidine rings is 1. The molecule has 140 valence electrons. The molecule has 1 atom stereocenters. The molecule has 0 radical (unpaired) electrons. The zero-order valence-corrected chi connectivity index (χ0v) is 16.3. The van der Waals surface area contributed by atoms with Crippen LogP contribution in [-0.2, 0) is 4.79 Å². The Kier molecular flexibility index (Phi) is 5.90. The summed E-state index contributed by atoms with van der Waals surface area (Å²) in [5.41, 5.74) is 0.125. The van der Waals surface area contributed by atoms with Crippen LogP contribution in [0.15, 0.2) is 22.5 Å². The number of nitrogens with zero attached hydrogens (tertiary/aromatic N) is 5. The van der Waals surface area contributed by atoms with Crippen molar-refractivity contribution in [3.05, 3.63) is 22.9 Å². The number of thioether (sulfide) groups is 1. The van der Waals surface area contributed by atoms with Gasteiger partial charge in [0.2, 0.25) is 5.91 Å². The molecule has 1 aliphatic rings. The first-order chi connectivity index (χ1) is 12.5. The summed E-state index contributed by atoms with van der Waals surface area (Å²) < 4.78 is 1.44. The van der Waals surface area contributed by atoms with Crippen LogP contribution in [0, 0.1) is 5.92 Å². The summed E-state index contributed by atoms with van der Waals surface area (Å²) >= 11 is 1.50. The van der Waals surface area contributed by atoms with E-state index in [1.807, 2.05) is 18.7 Å². The van der Waals surface area contributed by atoms with Crippen LogP contribution in [0.3, 0.4) is 0 Å². The molecule has 1 amide bonds. The van der Waals surface area contributed by atoms with Gasteiger partial charge < -0.3 is 4.90 Å². The van der Waals surface area contributed by atoms with Crippen LogP contribution in [0.1, 0.15) is 46.1 Å². The number of rotatable bonds is 5. The molecule has 8 heteroatoms. The van der Waals surface area contributed by atoms with E-state index in [0.717, 1.165) is 31.7 Å². The van der Waals surface area contributed by atoms with E-state index in [9.17, 15) is 9.59 Å². The van der Waals surface area contributed by atoms with Gasteiger partial charge in [-0.3, -0.25) is 14.2 Å². The standard InChI is InChI=1S/C18H25N5O2S/c1-4-14(17(25)22-8-6-12(3)7-9-22)23-11-20-15-13(16(23)24)10-19-18(21-15)26-5-2/h10-12,14H,4-9H2,1-3H3. The summed E-state index contributed by atoms with van der Waals surface area (Å²) in [6, 6.07) is -0.530. The van der Waals surface area contributed by atoms with Crippen molar-refractivity contribution in [1.29, 1.82) is 0 Å². The van der Waals surface area contributed by atoms with E-state index in [1.165, 1.54) is 28.9 Å². The zero-order valence-electron chi connectivity index (χ0n) is 15.5. The Balaban J connectivity index is 1.92. The third kappa shape index (κ3) is 3.75. The summed E-state index contributed by atoms with van der Waals surface area (Å²) in [7, 11) is 0. The van der Waals surface area contributed by atoms with Gasteiger partial charge in [0.05, 0.1) is 0 Å². The minimum absolute atomic E-state index is 0.00160. The summed E-state index contributed by atoms with van der Waals surface area (Å²) in [4.78, 5) is 40.6. The van der Waals surface area contributed by atoms with Crippen molar-refractivity contribution < 1.29 is 4.79 Å². The summed E-state index contributed by atoms with van der Waals surface area (Å²) in [5, 5.41) is 0.960. The third-order valence-corrected chi connectivity index (χ3v) is 5.64. The fourth-order valence-corrected chi connectivity index (χ4v) is 3.80. The van der Waals surface area contributed by atoms with Crippen molar-refractivity contribution in [3.63, 3.8) is 0 Å². The van der Waals surface area contributed by atoms with E-state index >= 15 is 0 Å². The first-order valence-corrected chi connectivity index (χ1v) is 10.2. The van der Waals surface area contributed by atoms with Crippen LogP contribution in [0.2, 0.25) is 0 Å². The Morgan fingerprint density at radius 3 is 2.69 bits per heavy atom. The number of hydrogen-bond acceptors (Lipinski definition) is 6. The smallest absolute Gasteiger partial charge is 0.265 e. The predicted octanol–water partition coefficient (Wildman–Crippen LogP) is 2.51. The molecule has 0 bridgehead atoms. The predicted molar refractivity (Wildman–Crippen MR) is 102 cm³/mol. The van der Waals surface area contributed by atoms with Gasteiger partial charge in [0.1, 0.15) is 17.8 Å². The first kappa shape index (κ1) is 18.8. The van der Waals surface area contributed by atoms with Gasteiger partial charge in [0, 0.05) is 19.3 Å². The highest BCUT2D eigenvalue weighted by atomic mass is 32.2. The van der Waals surface area contributed by atoms with Crippen LogP contribution in [-0.4, -0.2) is 49.2 Å². The molecular weight excluding hydrogens is 350 g/mol. The van der Waals surface area contributed by atoms with E-state index < -0.39 is 6.04 Å². The molecule has 3 rings (SSSR count). The van der Waals surface area contributed by atoms with Crippen molar-refractivity contribution in [2.75, 3.05) is 18.8 Å². The Hall–Kier alpha value is -1.96. The maximum absolute atomic E-state index is 13.0. The maximum atomic E-state index is 13.0. The van der Waals surface area contributed by atoms with Gasteiger partial charge in [-0.25, -0.2) is 15.0 Å². The second-order valence-corrected chi connectivity index (χ2v) is 7.94. The average Bonchev–Trinajstić information content (AvgIpc) is 2.65. The molecule has 1 fully saturated rings. The molecule has 0 spiro atoms. The molecule has 2 aromatic heterocycles. The van der Waals surface area contributed by atoms with Gasteiger partial charge in [-0.05, 0) is 30.9 Å². The molecular formula is C18H25N5O2S. The van der Waals surface area contributed by atoms with E-state index in [1.54, 1.807) is 0 Å². The second kappa shape index (κ2) is 8.16. The van der Waals surface area contributed by atoms with Crippen LogP contribution in [0.25, 0.3) is 11.0 Å². The normalized spacial score (nSPS) is 16.8. The molecule has 1 aliphatic heterocycles. The second-order valence-electron chi connectivity index (χ2n) is 6.71. The van der Waals surface area contributed by atoms with Crippen molar-refractivity contribution in [1.82, 2.24) is 24.4 Å². The largest absolute Gasteiger partial charge is 0.341 e. The molecule has 0 saturated carbocycles. The Bertz CT molecular complexity index is 845. The van der Waals surface area contributed by atoms with Crippen molar-refractivity contribution in [2.45, 2.75) is 51.2 Å². The lowest BCUT2D eigenvalue weighted by Crippen LogP contribution is -2.44. The molecule has 3 heterocycles. The lowest BCUT2D eigenvalue weighted by Gasteiger charge is -2.33. The Labute approximate surface area is 157 Å². The van der Waals surface area contributed by atoms with Crippen molar-refractivity contribution >= 4 is 28.7 Å². The van der Waals surface area contributed by atoms with E-state index in [2.05, 4.69) is 21.9 Å². The lowest BCUT2D eigenvalue weighted by molar-refractivity contribution is -0.136. The topological polar surface area (TPSA) is 81.0 Å². The van der Waals surface area contributed by atoms with Gasteiger partial charge >= 0.3 is 0 Å². The van der Waals surface area contributed by atoms with Crippen LogP contribution in [0.5, 0.6) is 0 Å². The molecule has 26 heavy (non-hydrogen) atoms. The molecule has 0 aromatic carbocycles. The lowest BCUT2D eigenvalue weighted by atomic mass is 9.98. The number of carbonyl (C=O) groups is 1. The first-order valence-electron chi connectivity index (χ1n) is 9.20. The highest BCUT2D eigenvalue weighted by Gasteiger charge is 2.28. The minimum Gasteiger partial charge on any atom is -0.341 e. The van der Waals surface area contributed by atoms with Crippen LogP contribution >= 0.6 is 11.8 Å². The van der Waals surface area contributed by atoms with Crippen molar-refractivity contribution in [2.24, 2.45) is 5.92 Å². The number of likely N-dealkylation sites (tertiary alicyclic amines) is 1. The fraction of sp³-hybridized carbons (Fsp3) is 0.611. The zero-order chi connectivity index (χ0) is 18.7. The monoisotopic (exact) mass is 375 g/mol. The van der Waals surface area contributed by atoms with Crippen LogP contribution < -0.4 is 5.56 Å². The number of hydrogen-bond donors (Lipinski definition) is 0. The van der Waals surface area contributed by atoms with Gasteiger partial charge in [-0.2, -0.15) is 0 Å². The number of aromatic nitrogens is 4. The summed E-state index contributed by atoms with van der Waals surface area (Å²) in [6.45, 7) is 7.66. The Morgan fingerprint density at radius 1 is 1.31 bits per heavy atom. The molecule has 1 unspecified atom stereocenters. The highest BCUT2D eigenvalue weighted by Crippen LogP contribution is 2.21. The van der Waals surface area contributed by atoms with Gasteiger partial charge in [-0.15, -0.1) is 0 Å². The van der Waals surface area contributed by atoms with E-state index in [-0.39, 0.29) is 11.5 Å². The number of carbonyl (C=O) groups excluding carboxylic acids is 1. The molecule has 0 aliphatic carbocycles. The van der Waals surface area contributed by atoms with Crippen LogP contribution in [0.4, 0.5) is 0 Å². The maximum Gasteiger partial charge on any atom is 0.265 e. The number of fused-ring (bicyclic) bond motifs is 1. The average molecular weight is 375 g/mol. The Morgan fingerprint density at radius 2 is 2.04 bits per heavy atom. The summed E-state index contributed by atoms with van der Waals surface area (Å²) in [6.07, 6.45) is 5.54. The highest BCUT2D eigenvalue weighted by molar-refractivity contribution is 7.99. The van der Waals surface area contributed by atoms with Gasteiger partial charge in [0.15, 0.2) is 10.8 Å².